The third-order valence-electron chi connectivity index (χ3n) is 6.24. The number of hydrogen-bond donors (Lipinski definition) is 1. The largest absolute Gasteiger partial charge is 0.312 e. The standard InChI is InChI=1S/C26H34N4/c1-20-5-9-22(10-6-20)16-30-17-24(15-27-18-26(3)13-14-29(4)19-26)25(28-30)23-11-7-21(2)8-12-23/h5-12,17,27H,13-16,18-19H2,1-4H3. The molecule has 0 saturated carbocycles. The van der Waals surface area contributed by atoms with Crippen molar-refractivity contribution in [2.75, 3.05) is 26.7 Å². The van der Waals surface area contributed by atoms with Crippen LogP contribution in [-0.4, -0.2) is 41.4 Å². The summed E-state index contributed by atoms with van der Waals surface area (Å²) in [5.41, 5.74) is 7.73. The van der Waals surface area contributed by atoms with Crippen LogP contribution in [0.1, 0.15) is 35.6 Å². The first kappa shape index (κ1) is 20.8. The van der Waals surface area contributed by atoms with Crippen molar-refractivity contribution >= 4 is 0 Å². The van der Waals surface area contributed by atoms with Gasteiger partial charge in [-0.05, 0) is 44.8 Å². The third kappa shape index (κ3) is 5.00. The summed E-state index contributed by atoms with van der Waals surface area (Å²) >= 11 is 0. The fourth-order valence-electron chi connectivity index (χ4n) is 4.42. The predicted molar refractivity (Wildman–Crippen MR) is 125 cm³/mol. The lowest BCUT2D eigenvalue weighted by atomic mass is 9.90. The van der Waals surface area contributed by atoms with Crippen LogP contribution in [0.3, 0.4) is 0 Å². The maximum absolute atomic E-state index is 4.98. The molecule has 4 nitrogen and oxygen atoms in total. The number of aromatic nitrogens is 2. The van der Waals surface area contributed by atoms with Crippen molar-refractivity contribution in [2.45, 2.75) is 40.3 Å². The SMILES string of the molecule is Cc1ccc(Cn2cc(CNCC3(C)CCN(C)C3)c(-c3ccc(C)cc3)n2)cc1. The Labute approximate surface area is 180 Å². The molecule has 1 aromatic heterocycles. The molecule has 0 aliphatic carbocycles. The quantitative estimate of drug-likeness (QED) is 0.625. The molecule has 1 atom stereocenters. The third-order valence-corrected chi connectivity index (χ3v) is 6.24. The second kappa shape index (κ2) is 8.75. The lowest BCUT2D eigenvalue weighted by molar-refractivity contribution is 0.295. The van der Waals surface area contributed by atoms with Gasteiger partial charge in [0.1, 0.15) is 0 Å². The van der Waals surface area contributed by atoms with Gasteiger partial charge in [0.25, 0.3) is 0 Å². The summed E-state index contributed by atoms with van der Waals surface area (Å²) in [6.45, 7) is 11.7. The Bertz CT molecular complexity index is 971. The minimum absolute atomic E-state index is 0.358. The van der Waals surface area contributed by atoms with Gasteiger partial charge in [-0.25, -0.2) is 0 Å². The van der Waals surface area contributed by atoms with E-state index in [1.54, 1.807) is 0 Å². The van der Waals surface area contributed by atoms with Crippen molar-refractivity contribution in [3.8, 4) is 11.3 Å². The molecule has 1 fully saturated rings. The molecule has 0 bridgehead atoms. The van der Waals surface area contributed by atoms with Gasteiger partial charge in [0.05, 0.1) is 12.2 Å². The Morgan fingerprint density at radius 3 is 2.30 bits per heavy atom. The summed E-state index contributed by atoms with van der Waals surface area (Å²) in [5.74, 6) is 0. The molecule has 1 aliphatic heterocycles. The van der Waals surface area contributed by atoms with E-state index in [0.29, 0.717) is 5.41 Å². The van der Waals surface area contributed by atoms with Gasteiger partial charge in [-0.2, -0.15) is 5.10 Å². The summed E-state index contributed by atoms with van der Waals surface area (Å²) < 4.78 is 2.09. The van der Waals surface area contributed by atoms with Gasteiger partial charge in [-0.1, -0.05) is 66.6 Å². The maximum Gasteiger partial charge on any atom is 0.0968 e. The first-order chi connectivity index (χ1) is 14.4. The molecule has 158 valence electrons. The molecule has 4 heteroatoms. The van der Waals surface area contributed by atoms with Gasteiger partial charge in [0, 0.05) is 37.0 Å². The second-order valence-electron chi connectivity index (χ2n) is 9.45. The van der Waals surface area contributed by atoms with Gasteiger partial charge >= 0.3 is 0 Å². The molecule has 1 saturated heterocycles. The molecule has 1 unspecified atom stereocenters. The summed E-state index contributed by atoms with van der Waals surface area (Å²) in [6, 6.07) is 17.4. The van der Waals surface area contributed by atoms with Gasteiger partial charge in [0.2, 0.25) is 0 Å². The van der Waals surface area contributed by atoms with Crippen molar-refractivity contribution in [3.05, 3.63) is 77.0 Å². The summed E-state index contributed by atoms with van der Waals surface area (Å²) in [4.78, 5) is 2.43. The van der Waals surface area contributed by atoms with Crippen LogP contribution in [0.15, 0.2) is 54.7 Å². The summed E-state index contributed by atoms with van der Waals surface area (Å²) in [6.07, 6.45) is 3.47. The highest BCUT2D eigenvalue weighted by Crippen LogP contribution is 2.28. The van der Waals surface area contributed by atoms with E-state index in [4.69, 9.17) is 5.10 Å². The van der Waals surface area contributed by atoms with E-state index in [0.717, 1.165) is 31.9 Å². The van der Waals surface area contributed by atoms with E-state index in [9.17, 15) is 0 Å². The van der Waals surface area contributed by atoms with E-state index < -0.39 is 0 Å². The van der Waals surface area contributed by atoms with E-state index in [1.807, 2.05) is 0 Å². The minimum atomic E-state index is 0.358. The highest BCUT2D eigenvalue weighted by molar-refractivity contribution is 5.63. The molecule has 3 aromatic rings. The van der Waals surface area contributed by atoms with Gasteiger partial charge in [0.15, 0.2) is 0 Å². The van der Waals surface area contributed by atoms with E-state index >= 15 is 0 Å². The number of likely N-dealkylation sites (tertiary alicyclic amines) is 1. The molecule has 1 aliphatic rings. The average Bonchev–Trinajstić information content (AvgIpc) is 3.27. The van der Waals surface area contributed by atoms with E-state index in [2.05, 4.69) is 97.4 Å². The van der Waals surface area contributed by atoms with Crippen molar-refractivity contribution < 1.29 is 0 Å². The predicted octanol–water partition coefficient (Wildman–Crippen LogP) is 4.65. The van der Waals surface area contributed by atoms with Crippen LogP contribution < -0.4 is 5.32 Å². The molecule has 4 rings (SSSR count). The van der Waals surface area contributed by atoms with Crippen LogP contribution in [-0.2, 0) is 13.1 Å². The molecule has 2 aromatic carbocycles. The number of rotatable bonds is 7. The summed E-state index contributed by atoms with van der Waals surface area (Å²) in [5, 5.41) is 8.71. The number of benzene rings is 2. The van der Waals surface area contributed by atoms with Crippen molar-refractivity contribution in [1.82, 2.24) is 20.0 Å². The maximum atomic E-state index is 4.98. The van der Waals surface area contributed by atoms with Crippen LogP contribution >= 0.6 is 0 Å². The first-order valence-electron chi connectivity index (χ1n) is 11.0. The first-order valence-corrected chi connectivity index (χ1v) is 11.0. The van der Waals surface area contributed by atoms with Gasteiger partial charge in [-0.15, -0.1) is 0 Å². The smallest absolute Gasteiger partial charge is 0.0968 e. The minimum Gasteiger partial charge on any atom is -0.312 e. The van der Waals surface area contributed by atoms with Gasteiger partial charge < -0.3 is 10.2 Å². The second-order valence-corrected chi connectivity index (χ2v) is 9.45. The van der Waals surface area contributed by atoms with Crippen LogP contribution in [0.4, 0.5) is 0 Å². The molecular formula is C26H34N4. The lowest BCUT2D eigenvalue weighted by Gasteiger charge is -2.24. The number of aryl methyl sites for hydroxylation is 2. The van der Waals surface area contributed by atoms with Crippen molar-refractivity contribution in [2.24, 2.45) is 5.41 Å². The molecule has 2 heterocycles. The number of hydrogen-bond acceptors (Lipinski definition) is 3. The Morgan fingerprint density at radius 1 is 1.00 bits per heavy atom. The summed E-state index contributed by atoms with van der Waals surface area (Å²) in [7, 11) is 2.22. The van der Waals surface area contributed by atoms with Crippen molar-refractivity contribution in [1.29, 1.82) is 0 Å². The Balaban J connectivity index is 1.53. The van der Waals surface area contributed by atoms with E-state index in [1.165, 1.54) is 40.8 Å². The van der Waals surface area contributed by atoms with Crippen LogP contribution in [0, 0.1) is 19.3 Å². The topological polar surface area (TPSA) is 33.1 Å². The Hall–Kier alpha value is -2.43. The normalized spacial score (nSPS) is 19.5. The van der Waals surface area contributed by atoms with Crippen LogP contribution in [0.5, 0.6) is 0 Å². The van der Waals surface area contributed by atoms with Gasteiger partial charge in [-0.3, -0.25) is 4.68 Å². The van der Waals surface area contributed by atoms with Crippen LogP contribution in [0.25, 0.3) is 11.3 Å². The highest BCUT2D eigenvalue weighted by Gasteiger charge is 2.31. The highest BCUT2D eigenvalue weighted by atomic mass is 15.3. The molecule has 0 amide bonds. The zero-order valence-corrected chi connectivity index (χ0v) is 18.8. The van der Waals surface area contributed by atoms with E-state index in [-0.39, 0.29) is 0 Å². The van der Waals surface area contributed by atoms with Crippen LogP contribution in [0.2, 0.25) is 0 Å². The zero-order chi connectivity index (χ0) is 21.1. The lowest BCUT2D eigenvalue weighted by Crippen LogP contribution is -2.33. The fraction of sp³-hybridized carbons (Fsp3) is 0.423. The molecule has 0 radical (unpaired) electrons. The molecular weight excluding hydrogens is 368 g/mol. The monoisotopic (exact) mass is 402 g/mol. The fourth-order valence-corrected chi connectivity index (χ4v) is 4.42. The van der Waals surface area contributed by atoms with Crippen molar-refractivity contribution in [3.63, 3.8) is 0 Å². The Morgan fingerprint density at radius 2 is 1.67 bits per heavy atom. The average molecular weight is 403 g/mol. The zero-order valence-electron chi connectivity index (χ0n) is 18.8. The molecule has 1 N–H and O–H groups in total. The Kier molecular flexibility index (Phi) is 6.07. The molecule has 0 spiro atoms. The number of nitrogens with one attached hydrogen (secondary N) is 1. The number of nitrogens with zero attached hydrogens (tertiary/aromatic N) is 3. The molecule has 30 heavy (non-hydrogen) atoms.